The van der Waals surface area contributed by atoms with E-state index in [0.29, 0.717) is 22.1 Å². The quantitative estimate of drug-likeness (QED) is 0.510. The molecule has 0 saturated heterocycles. The van der Waals surface area contributed by atoms with Gasteiger partial charge in [0, 0.05) is 18.6 Å². The van der Waals surface area contributed by atoms with Crippen LogP contribution in [-0.2, 0) is 17.9 Å². The summed E-state index contributed by atoms with van der Waals surface area (Å²) < 4.78 is 14.8. The summed E-state index contributed by atoms with van der Waals surface area (Å²) in [5.41, 5.74) is 0.390. The Morgan fingerprint density at radius 3 is 2.50 bits per heavy atom. The van der Waals surface area contributed by atoms with Crippen LogP contribution in [0, 0.1) is 5.82 Å². The molecule has 0 aliphatic heterocycles. The Morgan fingerprint density at radius 2 is 1.84 bits per heavy atom. The minimum absolute atomic E-state index is 0.130. The Balaban J connectivity index is 1.92. The van der Waals surface area contributed by atoms with Crippen LogP contribution in [0.1, 0.15) is 19.4 Å². The molecule has 0 N–H and O–H groups in total. The molecule has 0 spiro atoms. The number of nitrogens with zero attached hydrogens (tertiary/aromatic N) is 4. The molecule has 1 amide bonds. The van der Waals surface area contributed by atoms with E-state index in [-0.39, 0.29) is 29.9 Å². The fourth-order valence-electron chi connectivity index (χ4n) is 3.19. The van der Waals surface area contributed by atoms with Gasteiger partial charge in [-0.3, -0.25) is 14.2 Å². The second-order valence-corrected chi connectivity index (χ2v) is 9.36. The number of hydrogen-bond donors (Lipinski definition) is 0. The predicted molar refractivity (Wildman–Crippen MR) is 126 cm³/mol. The lowest BCUT2D eigenvalue weighted by molar-refractivity contribution is -0.134. The normalized spacial score (nSPS) is 11.9. The first-order chi connectivity index (χ1) is 15.0. The maximum Gasteiger partial charge on any atom is 0.261 e. The molecular formula is C23H25Cl2FN4O2. The minimum Gasteiger partial charge on any atom is -0.335 e. The molecule has 6 nitrogen and oxygen atoms in total. The van der Waals surface area contributed by atoms with Crippen molar-refractivity contribution in [1.29, 1.82) is 0 Å². The van der Waals surface area contributed by atoms with Crippen molar-refractivity contribution in [2.75, 3.05) is 20.6 Å². The number of aromatic nitrogens is 2. The molecule has 0 atom stereocenters. The maximum atomic E-state index is 13.6. The minimum atomic E-state index is -0.533. The van der Waals surface area contributed by atoms with Crippen molar-refractivity contribution >= 4 is 40.0 Å². The first-order valence-electron chi connectivity index (χ1n) is 10.0. The third kappa shape index (κ3) is 5.46. The monoisotopic (exact) mass is 478 g/mol. The second-order valence-electron chi connectivity index (χ2n) is 8.54. The van der Waals surface area contributed by atoms with Crippen molar-refractivity contribution < 1.29 is 9.18 Å². The lowest BCUT2D eigenvalue weighted by Gasteiger charge is -2.38. The lowest BCUT2D eigenvalue weighted by atomic mass is 10.0. The summed E-state index contributed by atoms with van der Waals surface area (Å²) in [6.07, 6.45) is 1.31. The van der Waals surface area contributed by atoms with Gasteiger partial charge in [0.05, 0.1) is 27.3 Å². The molecule has 32 heavy (non-hydrogen) atoms. The highest BCUT2D eigenvalue weighted by molar-refractivity contribution is 6.42. The van der Waals surface area contributed by atoms with Crippen molar-refractivity contribution in [2.24, 2.45) is 0 Å². The fraction of sp³-hybridized carbons (Fsp3) is 0.348. The summed E-state index contributed by atoms with van der Waals surface area (Å²) in [6, 6.07) is 9.03. The number of rotatable bonds is 7. The highest BCUT2D eigenvalue weighted by Gasteiger charge is 2.27. The third-order valence-electron chi connectivity index (χ3n) is 5.59. The molecule has 3 aromatic rings. The van der Waals surface area contributed by atoms with Gasteiger partial charge in [-0.15, -0.1) is 0 Å². The molecule has 3 rings (SSSR count). The van der Waals surface area contributed by atoms with E-state index >= 15 is 0 Å². The largest absolute Gasteiger partial charge is 0.335 e. The first-order valence-corrected chi connectivity index (χ1v) is 10.8. The predicted octanol–water partition coefficient (Wildman–Crippen LogP) is 4.21. The summed E-state index contributed by atoms with van der Waals surface area (Å²) in [5, 5.41) is 0.966. The highest BCUT2D eigenvalue weighted by atomic mass is 35.5. The van der Waals surface area contributed by atoms with E-state index in [1.165, 1.54) is 23.0 Å². The van der Waals surface area contributed by atoms with Crippen molar-refractivity contribution in [1.82, 2.24) is 19.4 Å². The summed E-state index contributed by atoms with van der Waals surface area (Å²) in [5.74, 6) is -0.805. The molecule has 2 aromatic carbocycles. The fourth-order valence-corrected chi connectivity index (χ4v) is 3.51. The van der Waals surface area contributed by atoms with E-state index in [9.17, 15) is 14.0 Å². The number of hydrogen-bond acceptors (Lipinski definition) is 4. The molecule has 9 heteroatoms. The van der Waals surface area contributed by atoms with Crippen LogP contribution in [0.5, 0.6) is 0 Å². The van der Waals surface area contributed by atoms with Gasteiger partial charge in [0.1, 0.15) is 12.4 Å². The second kappa shape index (κ2) is 9.57. The van der Waals surface area contributed by atoms with E-state index in [2.05, 4.69) is 4.98 Å². The molecule has 0 aliphatic rings. The Bertz CT molecular complexity index is 1210. The molecule has 0 saturated carbocycles. The Kier molecular flexibility index (Phi) is 7.22. The zero-order valence-corrected chi connectivity index (χ0v) is 19.9. The number of carbonyl (C=O) groups is 1. The van der Waals surface area contributed by atoms with Crippen LogP contribution in [0.15, 0.2) is 47.5 Å². The summed E-state index contributed by atoms with van der Waals surface area (Å²) >= 11 is 12.2. The van der Waals surface area contributed by atoms with Crippen LogP contribution in [0.4, 0.5) is 4.39 Å². The van der Waals surface area contributed by atoms with Crippen molar-refractivity contribution in [2.45, 2.75) is 32.5 Å². The van der Waals surface area contributed by atoms with Crippen molar-refractivity contribution in [3.8, 4) is 0 Å². The van der Waals surface area contributed by atoms with Gasteiger partial charge < -0.3 is 9.80 Å². The molecule has 1 heterocycles. The van der Waals surface area contributed by atoms with Gasteiger partial charge in [0.15, 0.2) is 0 Å². The molecule has 0 bridgehead atoms. The molecule has 0 unspecified atom stereocenters. The Morgan fingerprint density at radius 1 is 1.12 bits per heavy atom. The number of benzene rings is 2. The summed E-state index contributed by atoms with van der Waals surface area (Å²) in [7, 11) is 3.88. The average Bonchev–Trinajstić information content (AvgIpc) is 2.72. The van der Waals surface area contributed by atoms with Gasteiger partial charge in [0.25, 0.3) is 5.56 Å². The molecule has 0 fully saturated rings. The van der Waals surface area contributed by atoms with E-state index < -0.39 is 11.4 Å². The van der Waals surface area contributed by atoms with Crippen molar-refractivity contribution in [3.63, 3.8) is 0 Å². The molecule has 170 valence electrons. The summed E-state index contributed by atoms with van der Waals surface area (Å²) in [6.45, 7) is 4.52. The zero-order chi connectivity index (χ0) is 23.6. The molecule has 1 aromatic heterocycles. The highest BCUT2D eigenvalue weighted by Crippen LogP contribution is 2.24. The first kappa shape index (κ1) is 24.2. The van der Waals surface area contributed by atoms with Gasteiger partial charge in [-0.05, 0) is 63.8 Å². The van der Waals surface area contributed by atoms with E-state index in [0.717, 1.165) is 11.6 Å². The topological polar surface area (TPSA) is 58.4 Å². The molecule has 0 radical (unpaired) electrons. The van der Waals surface area contributed by atoms with Crippen LogP contribution in [0.25, 0.3) is 10.9 Å². The van der Waals surface area contributed by atoms with Crippen LogP contribution < -0.4 is 5.56 Å². The van der Waals surface area contributed by atoms with Crippen LogP contribution in [0.2, 0.25) is 10.0 Å². The van der Waals surface area contributed by atoms with Gasteiger partial charge in [-0.25, -0.2) is 9.37 Å². The smallest absolute Gasteiger partial charge is 0.261 e. The average molecular weight is 479 g/mol. The van der Waals surface area contributed by atoms with Gasteiger partial charge in [-0.2, -0.15) is 0 Å². The molecule has 0 aliphatic carbocycles. The van der Waals surface area contributed by atoms with Gasteiger partial charge in [0.2, 0.25) is 5.91 Å². The number of fused-ring (bicyclic) bond motifs is 1. The number of amides is 1. The van der Waals surface area contributed by atoms with Crippen molar-refractivity contribution in [3.05, 3.63) is 74.5 Å². The Labute approximate surface area is 196 Å². The van der Waals surface area contributed by atoms with Crippen LogP contribution in [-0.4, -0.2) is 51.4 Å². The number of halogens is 3. The third-order valence-corrected chi connectivity index (χ3v) is 6.33. The maximum absolute atomic E-state index is 13.6. The number of carbonyl (C=O) groups excluding carboxylic acids is 1. The SMILES string of the molecule is CN(C)C(C)(C)CN(Cc1ccc(Cl)c(Cl)c1)C(=O)Cn1cnc2ccc(F)cc2c1=O. The molecular weight excluding hydrogens is 454 g/mol. The summed E-state index contributed by atoms with van der Waals surface area (Å²) in [4.78, 5) is 34.0. The van der Waals surface area contributed by atoms with Gasteiger partial charge in [-0.1, -0.05) is 29.3 Å². The van der Waals surface area contributed by atoms with E-state index in [4.69, 9.17) is 23.2 Å². The Hall–Kier alpha value is -2.48. The van der Waals surface area contributed by atoms with Gasteiger partial charge >= 0.3 is 0 Å². The van der Waals surface area contributed by atoms with Crippen LogP contribution in [0.3, 0.4) is 0 Å². The lowest BCUT2D eigenvalue weighted by Crippen LogP contribution is -2.50. The van der Waals surface area contributed by atoms with Crippen LogP contribution >= 0.6 is 23.2 Å². The van der Waals surface area contributed by atoms with E-state index in [1.807, 2.05) is 38.9 Å². The van der Waals surface area contributed by atoms with E-state index in [1.54, 1.807) is 17.0 Å². The number of likely N-dealkylation sites (N-methyl/N-ethyl adjacent to an activating group) is 1. The zero-order valence-electron chi connectivity index (χ0n) is 18.4. The standard InChI is InChI=1S/C23H25Cl2FN4O2/c1-23(2,28(3)4)13-29(11-15-5-7-18(24)19(25)9-15)21(31)12-30-14-27-20-8-6-16(26)10-17(20)22(30)32/h5-10,14H,11-13H2,1-4H3.